The van der Waals surface area contributed by atoms with E-state index in [0.29, 0.717) is 0 Å². The lowest BCUT2D eigenvalue weighted by atomic mass is 10.3. The van der Waals surface area contributed by atoms with E-state index in [1.807, 2.05) is 0 Å². The summed E-state index contributed by atoms with van der Waals surface area (Å²) in [5, 5.41) is 2.41. The largest absolute Gasteiger partial charge is 0.399 e. The highest BCUT2D eigenvalue weighted by Crippen LogP contribution is 2.16. The second-order valence-corrected chi connectivity index (χ2v) is 4.70. The summed E-state index contributed by atoms with van der Waals surface area (Å²) >= 11 is 0. The van der Waals surface area contributed by atoms with E-state index in [9.17, 15) is 13.4 Å². The molecule has 0 aliphatic heterocycles. The Labute approximate surface area is 95.5 Å². The molecule has 0 fully saturated rings. The lowest BCUT2D eigenvalue weighted by Crippen LogP contribution is -2.20. The number of carbonyl (C=O) groups excluding carboxylic acids is 1. The Bertz CT molecular complexity index is 423. The number of nitrogens with two attached hydrogens (primary N) is 1. The Kier molecular flexibility index (Phi) is 4.42. The van der Waals surface area contributed by atoms with Crippen molar-refractivity contribution in [3.05, 3.63) is 24.0 Å². The number of nitrogens with one attached hydrogen (secondary N) is 1. The third-order valence-electron chi connectivity index (χ3n) is 1.99. The van der Waals surface area contributed by atoms with Crippen molar-refractivity contribution < 1.29 is 13.4 Å². The minimum absolute atomic E-state index is 0.0816. The number of anilines is 1. The number of hydrogen-bond donors (Lipinski definition) is 2. The van der Waals surface area contributed by atoms with Gasteiger partial charge in [-0.2, -0.15) is 0 Å². The van der Waals surface area contributed by atoms with Gasteiger partial charge in [-0.1, -0.05) is 0 Å². The fourth-order valence-corrected chi connectivity index (χ4v) is 2.21. The minimum atomic E-state index is -1.52. The third kappa shape index (κ3) is 3.30. The van der Waals surface area contributed by atoms with Gasteiger partial charge in [0.15, 0.2) is 0 Å². The Hall–Kier alpha value is -1.43. The van der Waals surface area contributed by atoms with E-state index in [1.165, 1.54) is 19.2 Å². The third-order valence-corrected chi connectivity index (χ3v) is 3.39. The molecule has 1 amide bonds. The molecule has 1 aromatic carbocycles. The number of amides is 1. The fraction of sp³-hybridized carbons (Fsp3) is 0.300. The zero-order valence-corrected chi connectivity index (χ0v) is 9.64. The molecule has 16 heavy (non-hydrogen) atoms. The quantitative estimate of drug-likeness (QED) is 0.764. The average Bonchev–Trinajstić information content (AvgIpc) is 2.25. The van der Waals surface area contributed by atoms with E-state index in [1.54, 1.807) is 0 Å². The highest BCUT2D eigenvalue weighted by molar-refractivity contribution is 7.85. The summed E-state index contributed by atoms with van der Waals surface area (Å²) in [6, 6.07) is 3.98. The molecular weight excluding hydrogens is 231 g/mol. The van der Waals surface area contributed by atoms with Gasteiger partial charge in [0.1, 0.15) is 5.82 Å². The summed E-state index contributed by atoms with van der Waals surface area (Å²) in [5.74, 6) is -0.722. The number of rotatable bonds is 4. The summed E-state index contributed by atoms with van der Waals surface area (Å²) in [5.41, 5.74) is 5.65. The van der Waals surface area contributed by atoms with Crippen LogP contribution in [0, 0.1) is 5.82 Å². The van der Waals surface area contributed by atoms with Crippen LogP contribution >= 0.6 is 0 Å². The van der Waals surface area contributed by atoms with Gasteiger partial charge in [-0.25, -0.2) is 4.39 Å². The zero-order valence-electron chi connectivity index (χ0n) is 8.83. The molecule has 0 heterocycles. The first-order chi connectivity index (χ1) is 7.54. The minimum Gasteiger partial charge on any atom is -0.399 e. The highest BCUT2D eigenvalue weighted by Gasteiger charge is 2.11. The first-order valence-corrected chi connectivity index (χ1v) is 6.00. The summed E-state index contributed by atoms with van der Waals surface area (Å²) in [6.07, 6.45) is 0.104. The maximum Gasteiger partial charge on any atom is 0.220 e. The average molecular weight is 244 g/mol. The van der Waals surface area contributed by atoms with Crippen LogP contribution in [0.2, 0.25) is 0 Å². The van der Waals surface area contributed by atoms with Crippen molar-refractivity contribution in [2.24, 2.45) is 0 Å². The van der Waals surface area contributed by atoms with Crippen LogP contribution in [0.3, 0.4) is 0 Å². The van der Waals surface area contributed by atoms with Crippen molar-refractivity contribution in [1.82, 2.24) is 5.32 Å². The number of hydrogen-bond acceptors (Lipinski definition) is 3. The van der Waals surface area contributed by atoms with E-state index in [4.69, 9.17) is 5.73 Å². The summed E-state index contributed by atoms with van der Waals surface area (Å²) in [7, 11) is -0.0217. The van der Waals surface area contributed by atoms with Gasteiger partial charge in [-0.15, -0.1) is 0 Å². The number of halogens is 1. The first kappa shape index (κ1) is 12.6. The van der Waals surface area contributed by atoms with Crippen molar-refractivity contribution in [3.8, 4) is 0 Å². The Morgan fingerprint density at radius 1 is 1.56 bits per heavy atom. The molecule has 1 rings (SSSR count). The Balaban J connectivity index is 2.70. The molecule has 0 spiro atoms. The van der Waals surface area contributed by atoms with Gasteiger partial charge in [-0.05, 0) is 18.2 Å². The van der Waals surface area contributed by atoms with Gasteiger partial charge in [0.25, 0.3) is 0 Å². The van der Waals surface area contributed by atoms with Crippen LogP contribution in [0.4, 0.5) is 10.1 Å². The van der Waals surface area contributed by atoms with Gasteiger partial charge in [0, 0.05) is 24.9 Å². The molecule has 1 aromatic rings. The molecule has 0 saturated carbocycles. The van der Waals surface area contributed by atoms with Crippen molar-refractivity contribution >= 4 is 22.4 Å². The predicted octanol–water partition coefficient (Wildman–Crippen LogP) is 0.652. The molecule has 0 aromatic heterocycles. The van der Waals surface area contributed by atoms with Crippen molar-refractivity contribution in [2.45, 2.75) is 11.3 Å². The molecule has 1 atom stereocenters. The maximum absolute atomic E-state index is 13.3. The molecule has 0 bridgehead atoms. The number of nitrogen functional groups attached to an aromatic ring is 1. The second-order valence-electron chi connectivity index (χ2n) is 3.16. The van der Waals surface area contributed by atoms with Crippen LogP contribution in [0.15, 0.2) is 23.1 Å². The molecule has 0 aliphatic carbocycles. The van der Waals surface area contributed by atoms with Gasteiger partial charge < -0.3 is 11.1 Å². The molecule has 1 unspecified atom stereocenters. The number of benzene rings is 1. The van der Waals surface area contributed by atoms with Gasteiger partial charge >= 0.3 is 0 Å². The smallest absolute Gasteiger partial charge is 0.220 e. The van der Waals surface area contributed by atoms with Crippen molar-refractivity contribution in [1.29, 1.82) is 0 Å². The molecule has 4 nitrogen and oxygen atoms in total. The Morgan fingerprint density at radius 2 is 2.25 bits per heavy atom. The highest BCUT2D eigenvalue weighted by atomic mass is 32.2. The van der Waals surface area contributed by atoms with Crippen LogP contribution in [0.5, 0.6) is 0 Å². The standard InChI is InChI=1S/C10H13FN2O2S/c1-13-10(14)4-5-16(15)9-3-2-7(12)6-8(9)11/h2-3,6H,4-5,12H2,1H3,(H,13,14). The predicted molar refractivity (Wildman–Crippen MR) is 60.8 cm³/mol. The Morgan fingerprint density at radius 3 is 2.81 bits per heavy atom. The van der Waals surface area contributed by atoms with Crippen LogP contribution in [-0.4, -0.2) is 22.9 Å². The zero-order chi connectivity index (χ0) is 12.1. The molecule has 0 aliphatic rings. The number of carbonyl (C=O) groups is 1. The molecular formula is C10H13FN2O2S. The summed E-state index contributed by atoms with van der Waals surface area (Å²) in [4.78, 5) is 11.0. The monoisotopic (exact) mass is 244 g/mol. The first-order valence-electron chi connectivity index (χ1n) is 4.68. The molecule has 0 saturated heterocycles. The molecule has 88 valence electrons. The normalized spacial score (nSPS) is 12.1. The van der Waals surface area contributed by atoms with E-state index in [0.717, 1.165) is 6.07 Å². The fourth-order valence-electron chi connectivity index (χ4n) is 1.12. The van der Waals surface area contributed by atoms with Crippen molar-refractivity contribution in [3.63, 3.8) is 0 Å². The SMILES string of the molecule is CNC(=O)CCS(=O)c1ccc(N)cc1F. The van der Waals surface area contributed by atoms with Crippen molar-refractivity contribution in [2.75, 3.05) is 18.5 Å². The topological polar surface area (TPSA) is 72.2 Å². The summed E-state index contributed by atoms with van der Waals surface area (Å²) < 4.78 is 25.0. The van der Waals surface area contributed by atoms with Crippen LogP contribution in [0.25, 0.3) is 0 Å². The van der Waals surface area contributed by atoms with E-state index in [2.05, 4.69) is 5.32 Å². The van der Waals surface area contributed by atoms with Gasteiger partial charge in [0.05, 0.1) is 15.7 Å². The molecule has 6 heteroatoms. The maximum atomic E-state index is 13.3. The summed E-state index contributed by atoms with van der Waals surface area (Å²) in [6.45, 7) is 0. The van der Waals surface area contributed by atoms with Gasteiger partial charge in [-0.3, -0.25) is 9.00 Å². The molecule has 3 N–H and O–H groups in total. The lowest BCUT2D eigenvalue weighted by Gasteiger charge is -2.04. The molecule has 0 radical (unpaired) electrons. The van der Waals surface area contributed by atoms with E-state index in [-0.39, 0.29) is 28.7 Å². The van der Waals surface area contributed by atoms with Crippen LogP contribution < -0.4 is 11.1 Å². The van der Waals surface area contributed by atoms with Crippen LogP contribution in [0.1, 0.15) is 6.42 Å². The van der Waals surface area contributed by atoms with E-state index >= 15 is 0 Å². The lowest BCUT2D eigenvalue weighted by molar-refractivity contribution is -0.120. The van der Waals surface area contributed by atoms with E-state index < -0.39 is 16.6 Å². The van der Waals surface area contributed by atoms with Gasteiger partial charge in [0.2, 0.25) is 5.91 Å². The van der Waals surface area contributed by atoms with Crippen LogP contribution in [-0.2, 0) is 15.6 Å². The second kappa shape index (κ2) is 5.60.